The Balaban J connectivity index is 1.98. The summed E-state index contributed by atoms with van der Waals surface area (Å²) >= 11 is 0. The average Bonchev–Trinajstić information content (AvgIpc) is 3.18. The number of hydrogen-bond acceptors (Lipinski definition) is 6. The monoisotopic (exact) mass is 543 g/mol. The van der Waals surface area contributed by atoms with Crippen LogP contribution in [0.5, 0.6) is 17.2 Å². The molecule has 1 amide bonds. The van der Waals surface area contributed by atoms with E-state index in [1.165, 1.54) is 4.90 Å². The van der Waals surface area contributed by atoms with Crippen LogP contribution >= 0.6 is 0 Å². The van der Waals surface area contributed by atoms with Crippen LogP contribution < -0.4 is 19.1 Å². The van der Waals surface area contributed by atoms with Gasteiger partial charge >= 0.3 is 0 Å². The van der Waals surface area contributed by atoms with Crippen molar-refractivity contribution in [2.45, 2.75) is 53.0 Å². The van der Waals surface area contributed by atoms with Gasteiger partial charge in [0.25, 0.3) is 11.7 Å². The molecule has 0 spiro atoms. The van der Waals surface area contributed by atoms with Crippen molar-refractivity contribution in [2.24, 2.45) is 0 Å². The highest BCUT2D eigenvalue weighted by Crippen LogP contribution is 2.45. The lowest BCUT2D eigenvalue weighted by atomic mass is 9.84. The highest BCUT2D eigenvalue weighted by Gasteiger charge is 2.47. The summed E-state index contributed by atoms with van der Waals surface area (Å²) in [5.74, 6) is -0.00889. The summed E-state index contributed by atoms with van der Waals surface area (Å²) in [7, 11) is 1.55. The fraction of sp³-hybridized carbons (Fsp3) is 0.333. The van der Waals surface area contributed by atoms with Gasteiger partial charge in [-0.3, -0.25) is 14.5 Å². The predicted octanol–water partition coefficient (Wildman–Crippen LogP) is 6.72. The molecule has 0 radical (unpaired) electrons. The summed E-state index contributed by atoms with van der Waals surface area (Å²) < 4.78 is 17.1. The molecule has 4 rings (SSSR count). The van der Waals surface area contributed by atoms with Crippen LogP contribution in [0.15, 0.2) is 66.2 Å². The Morgan fingerprint density at radius 2 is 1.57 bits per heavy atom. The lowest BCUT2D eigenvalue weighted by molar-refractivity contribution is -0.132. The SMILES string of the molecule is CCOc1cc(C2/C(=C(\O)c3ccc(OCC)c(C(C)(C)C)c3)C(=O)C(=O)N2c2cccc(C)c2)ccc1OC. The fourth-order valence-electron chi connectivity index (χ4n) is 5.02. The molecule has 1 fully saturated rings. The summed E-state index contributed by atoms with van der Waals surface area (Å²) in [5.41, 5.74) is 3.11. The second-order valence-electron chi connectivity index (χ2n) is 10.7. The molecule has 3 aromatic rings. The number of hydrogen-bond donors (Lipinski definition) is 1. The number of carbonyl (C=O) groups excluding carboxylic acids is 2. The number of benzene rings is 3. The Bertz CT molecular complexity index is 1470. The number of aliphatic hydroxyl groups is 1. The van der Waals surface area contributed by atoms with Crippen molar-refractivity contribution in [1.29, 1.82) is 0 Å². The van der Waals surface area contributed by atoms with Crippen LogP contribution in [0.3, 0.4) is 0 Å². The van der Waals surface area contributed by atoms with E-state index in [1.54, 1.807) is 43.5 Å². The number of ether oxygens (including phenoxy) is 3. The maximum Gasteiger partial charge on any atom is 0.300 e. The minimum absolute atomic E-state index is 0.00291. The van der Waals surface area contributed by atoms with Crippen molar-refractivity contribution in [3.8, 4) is 17.2 Å². The van der Waals surface area contributed by atoms with Gasteiger partial charge in [-0.1, -0.05) is 39.0 Å². The first-order valence-corrected chi connectivity index (χ1v) is 13.5. The normalized spacial score (nSPS) is 16.8. The predicted molar refractivity (Wildman–Crippen MR) is 156 cm³/mol. The molecule has 7 nitrogen and oxygen atoms in total. The topological polar surface area (TPSA) is 85.3 Å². The van der Waals surface area contributed by atoms with E-state index in [9.17, 15) is 14.7 Å². The number of nitrogens with zero attached hydrogens (tertiary/aromatic N) is 1. The third kappa shape index (κ3) is 5.41. The molecule has 0 aromatic heterocycles. The van der Waals surface area contributed by atoms with Gasteiger partial charge in [-0.15, -0.1) is 0 Å². The quantitative estimate of drug-likeness (QED) is 0.193. The third-order valence-electron chi connectivity index (χ3n) is 6.89. The molecule has 1 unspecified atom stereocenters. The first-order chi connectivity index (χ1) is 19.0. The third-order valence-corrected chi connectivity index (χ3v) is 6.89. The second-order valence-corrected chi connectivity index (χ2v) is 10.7. The Hall–Kier alpha value is -4.26. The van der Waals surface area contributed by atoms with Gasteiger partial charge in [-0.05, 0) is 79.8 Å². The van der Waals surface area contributed by atoms with E-state index in [1.807, 2.05) is 45.0 Å². The molecule has 7 heteroatoms. The molecule has 1 aliphatic rings. The number of anilines is 1. The van der Waals surface area contributed by atoms with E-state index in [-0.39, 0.29) is 16.7 Å². The van der Waals surface area contributed by atoms with Crippen LogP contribution in [0.2, 0.25) is 0 Å². The molecule has 1 saturated heterocycles. The molecule has 210 valence electrons. The van der Waals surface area contributed by atoms with Gasteiger partial charge in [-0.2, -0.15) is 0 Å². The zero-order valence-electron chi connectivity index (χ0n) is 24.2. The zero-order chi connectivity index (χ0) is 29.2. The smallest absolute Gasteiger partial charge is 0.300 e. The van der Waals surface area contributed by atoms with Gasteiger partial charge in [0.2, 0.25) is 0 Å². The summed E-state index contributed by atoms with van der Waals surface area (Å²) in [6, 6.07) is 17.1. The maximum absolute atomic E-state index is 13.7. The number of aryl methyl sites for hydroxylation is 1. The van der Waals surface area contributed by atoms with E-state index in [0.717, 1.165) is 11.1 Å². The van der Waals surface area contributed by atoms with Crippen LogP contribution in [-0.4, -0.2) is 37.1 Å². The molecule has 1 aliphatic heterocycles. The fourth-order valence-corrected chi connectivity index (χ4v) is 5.02. The number of ketones is 1. The number of rotatable bonds is 8. The van der Waals surface area contributed by atoms with E-state index in [2.05, 4.69) is 20.8 Å². The number of amides is 1. The van der Waals surface area contributed by atoms with E-state index in [4.69, 9.17) is 14.2 Å². The summed E-state index contributed by atoms with van der Waals surface area (Å²) in [6.07, 6.45) is 0. The minimum atomic E-state index is -0.892. The Kier molecular flexibility index (Phi) is 8.24. The van der Waals surface area contributed by atoms with Gasteiger partial charge in [0.05, 0.1) is 31.9 Å². The summed E-state index contributed by atoms with van der Waals surface area (Å²) in [4.78, 5) is 28.7. The summed E-state index contributed by atoms with van der Waals surface area (Å²) in [6.45, 7) is 12.8. The molecule has 0 saturated carbocycles. The standard InChI is InChI=1S/C33H37NO6/c1-8-39-25-15-14-22(18-24(25)33(4,5)6)30(35)28-29(21-13-16-26(38-7)27(19-21)40-9-2)34(32(37)31(28)36)23-12-10-11-20(3)17-23/h10-19,29,35H,8-9H2,1-7H3/b30-28+. The molecule has 3 aromatic carbocycles. The molecular weight excluding hydrogens is 506 g/mol. The first kappa shape index (κ1) is 28.7. The van der Waals surface area contributed by atoms with Crippen molar-refractivity contribution in [3.63, 3.8) is 0 Å². The van der Waals surface area contributed by atoms with Gasteiger partial charge in [0, 0.05) is 16.8 Å². The van der Waals surface area contributed by atoms with Crippen molar-refractivity contribution in [1.82, 2.24) is 0 Å². The first-order valence-electron chi connectivity index (χ1n) is 13.5. The van der Waals surface area contributed by atoms with Gasteiger partial charge in [0.15, 0.2) is 11.5 Å². The largest absolute Gasteiger partial charge is 0.507 e. The van der Waals surface area contributed by atoms with E-state index < -0.39 is 17.7 Å². The maximum atomic E-state index is 13.7. The van der Waals surface area contributed by atoms with Crippen LogP contribution in [0.4, 0.5) is 5.69 Å². The molecule has 0 aliphatic carbocycles. The lowest BCUT2D eigenvalue weighted by Gasteiger charge is -2.27. The average molecular weight is 544 g/mol. The number of aliphatic hydroxyl groups excluding tert-OH is 1. The van der Waals surface area contributed by atoms with Crippen molar-refractivity contribution in [2.75, 3.05) is 25.2 Å². The van der Waals surface area contributed by atoms with Crippen LogP contribution in [0, 0.1) is 6.92 Å². The lowest BCUT2D eigenvalue weighted by Crippen LogP contribution is -2.29. The molecule has 1 N–H and O–H groups in total. The number of carbonyl (C=O) groups is 2. The Morgan fingerprint density at radius 3 is 2.20 bits per heavy atom. The van der Waals surface area contributed by atoms with Crippen LogP contribution in [-0.2, 0) is 15.0 Å². The molecule has 40 heavy (non-hydrogen) atoms. The molecule has 1 heterocycles. The molecule has 1 atom stereocenters. The van der Waals surface area contributed by atoms with Crippen LogP contribution in [0.1, 0.15) is 62.9 Å². The van der Waals surface area contributed by atoms with E-state index >= 15 is 0 Å². The summed E-state index contributed by atoms with van der Waals surface area (Å²) in [5, 5.41) is 11.7. The Morgan fingerprint density at radius 1 is 0.900 bits per heavy atom. The van der Waals surface area contributed by atoms with Gasteiger partial charge in [0.1, 0.15) is 11.5 Å². The molecular formula is C33H37NO6. The van der Waals surface area contributed by atoms with Crippen molar-refractivity contribution >= 4 is 23.1 Å². The number of Topliss-reactive ketones (excluding diaryl/α,β-unsaturated/α-hetero) is 1. The van der Waals surface area contributed by atoms with Crippen molar-refractivity contribution < 1.29 is 28.9 Å². The van der Waals surface area contributed by atoms with E-state index in [0.29, 0.717) is 47.3 Å². The minimum Gasteiger partial charge on any atom is -0.507 e. The highest BCUT2D eigenvalue weighted by atomic mass is 16.5. The Labute approximate surface area is 236 Å². The second kappa shape index (κ2) is 11.5. The van der Waals surface area contributed by atoms with Gasteiger partial charge < -0.3 is 19.3 Å². The zero-order valence-corrected chi connectivity index (χ0v) is 24.2. The van der Waals surface area contributed by atoms with Crippen molar-refractivity contribution in [3.05, 3.63) is 88.5 Å². The number of methoxy groups -OCH3 is 1. The molecule has 0 bridgehead atoms. The highest BCUT2D eigenvalue weighted by molar-refractivity contribution is 6.51. The van der Waals surface area contributed by atoms with Gasteiger partial charge in [-0.25, -0.2) is 0 Å². The van der Waals surface area contributed by atoms with Crippen LogP contribution in [0.25, 0.3) is 5.76 Å².